The van der Waals surface area contributed by atoms with Crippen LogP contribution in [0.15, 0.2) is 24.3 Å². The largest absolute Gasteiger partial charge is 0.352 e. The average Bonchev–Trinajstić information content (AvgIpc) is 2.65. The van der Waals surface area contributed by atoms with Crippen molar-refractivity contribution in [3.05, 3.63) is 35.4 Å². The van der Waals surface area contributed by atoms with Gasteiger partial charge in [0, 0.05) is 30.6 Å². The SMILES string of the molecule is CNCCNC(=O)c1ccc(CNC(=O)C23CC4CC(CC(C4)C2)C3)cc1. The van der Waals surface area contributed by atoms with E-state index in [0.717, 1.165) is 49.1 Å². The summed E-state index contributed by atoms with van der Waals surface area (Å²) in [5.41, 5.74) is 1.60. The van der Waals surface area contributed by atoms with Crippen LogP contribution in [-0.2, 0) is 11.3 Å². The molecule has 0 atom stereocenters. The minimum atomic E-state index is -0.0953. The first-order valence-electron chi connectivity index (χ1n) is 10.4. The second-order valence-electron chi connectivity index (χ2n) is 8.94. The normalized spacial score (nSPS) is 30.9. The van der Waals surface area contributed by atoms with Crippen LogP contribution < -0.4 is 16.0 Å². The maximum atomic E-state index is 13.0. The molecule has 0 spiro atoms. The molecule has 0 unspecified atom stereocenters. The van der Waals surface area contributed by atoms with Crippen LogP contribution in [0.1, 0.15) is 54.4 Å². The van der Waals surface area contributed by atoms with Crippen molar-refractivity contribution in [3.8, 4) is 0 Å². The molecule has 4 aliphatic rings. The highest BCUT2D eigenvalue weighted by Gasteiger charge is 2.54. The Labute approximate surface area is 161 Å². The molecule has 5 rings (SSSR count). The van der Waals surface area contributed by atoms with Gasteiger partial charge in [0.15, 0.2) is 0 Å². The van der Waals surface area contributed by atoms with Crippen molar-refractivity contribution in [1.82, 2.24) is 16.0 Å². The van der Waals surface area contributed by atoms with Gasteiger partial charge >= 0.3 is 0 Å². The number of carbonyl (C=O) groups excluding carboxylic acids is 2. The summed E-state index contributed by atoms with van der Waals surface area (Å²) in [6.07, 6.45) is 7.34. The molecule has 0 radical (unpaired) electrons. The van der Waals surface area contributed by atoms with Gasteiger partial charge in [-0.15, -0.1) is 0 Å². The maximum Gasteiger partial charge on any atom is 0.251 e. The van der Waals surface area contributed by atoms with Crippen LogP contribution in [0.3, 0.4) is 0 Å². The van der Waals surface area contributed by atoms with Crippen LogP contribution in [0.5, 0.6) is 0 Å². The predicted molar refractivity (Wildman–Crippen MR) is 105 cm³/mol. The number of carbonyl (C=O) groups is 2. The van der Waals surface area contributed by atoms with Gasteiger partial charge in [0.25, 0.3) is 5.91 Å². The molecule has 1 aromatic rings. The summed E-state index contributed by atoms with van der Waals surface area (Å²) >= 11 is 0. The Morgan fingerprint density at radius 3 is 2.07 bits per heavy atom. The zero-order valence-electron chi connectivity index (χ0n) is 16.2. The van der Waals surface area contributed by atoms with Gasteiger partial charge in [-0.1, -0.05) is 12.1 Å². The van der Waals surface area contributed by atoms with E-state index in [1.807, 2.05) is 31.3 Å². The van der Waals surface area contributed by atoms with Crippen LogP contribution in [0.25, 0.3) is 0 Å². The lowest BCUT2D eigenvalue weighted by Gasteiger charge is -2.55. The van der Waals surface area contributed by atoms with E-state index in [1.165, 1.54) is 19.3 Å². The Hall–Kier alpha value is -1.88. The van der Waals surface area contributed by atoms with Crippen molar-refractivity contribution in [2.45, 2.75) is 45.1 Å². The van der Waals surface area contributed by atoms with E-state index < -0.39 is 0 Å². The molecule has 5 heteroatoms. The number of amides is 2. The monoisotopic (exact) mass is 369 g/mol. The molecule has 4 fully saturated rings. The van der Waals surface area contributed by atoms with E-state index in [-0.39, 0.29) is 17.2 Å². The Bertz CT molecular complexity index is 663. The smallest absolute Gasteiger partial charge is 0.251 e. The van der Waals surface area contributed by atoms with Gasteiger partial charge in [-0.25, -0.2) is 0 Å². The van der Waals surface area contributed by atoms with E-state index in [2.05, 4.69) is 16.0 Å². The van der Waals surface area contributed by atoms with E-state index in [4.69, 9.17) is 0 Å². The van der Waals surface area contributed by atoms with Crippen molar-refractivity contribution in [2.75, 3.05) is 20.1 Å². The molecule has 3 N–H and O–H groups in total. The zero-order chi connectivity index (χ0) is 18.9. The Morgan fingerprint density at radius 2 is 1.52 bits per heavy atom. The Kier molecular flexibility index (Phi) is 5.22. The second kappa shape index (κ2) is 7.63. The molecule has 1 aromatic carbocycles. The van der Waals surface area contributed by atoms with Crippen LogP contribution in [-0.4, -0.2) is 32.0 Å². The van der Waals surface area contributed by atoms with Crippen molar-refractivity contribution < 1.29 is 9.59 Å². The fraction of sp³-hybridized carbons (Fsp3) is 0.636. The molecule has 0 aliphatic heterocycles. The fourth-order valence-corrected chi connectivity index (χ4v) is 5.94. The minimum absolute atomic E-state index is 0.0607. The average molecular weight is 370 g/mol. The van der Waals surface area contributed by atoms with Gasteiger partial charge in [-0.05, 0) is 81.0 Å². The molecule has 4 aliphatic carbocycles. The van der Waals surface area contributed by atoms with E-state index in [9.17, 15) is 9.59 Å². The van der Waals surface area contributed by atoms with E-state index in [0.29, 0.717) is 18.7 Å². The van der Waals surface area contributed by atoms with Crippen LogP contribution >= 0.6 is 0 Å². The van der Waals surface area contributed by atoms with Crippen LogP contribution in [0.4, 0.5) is 0 Å². The molecule has 2 amide bonds. The number of nitrogens with one attached hydrogen (secondary N) is 3. The molecule has 0 saturated heterocycles. The summed E-state index contributed by atoms with van der Waals surface area (Å²) in [6, 6.07) is 7.54. The molecule has 27 heavy (non-hydrogen) atoms. The van der Waals surface area contributed by atoms with Crippen molar-refractivity contribution >= 4 is 11.8 Å². The third-order valence-corrected chi connectivity index (χ3v) is 6.85. The van der Waals surface area contributed by atoms with Crippen LogP contribution in [0.2, 0.25) is 0 Å². The molecule has 0 aromatic heterocycles. The zero-order valence-corrected chi connectivity index (χ0v) is 16.2. The van der Waals surface area contributed by atoms with Crippen molar-refractivity contribution in [3.63, 3.8) is 0 Å². The summed E-state index contributed by atoms with van der Waals surface area (Å²) in [5.74, 6) is 2.54. The van der Waals surface area contributed by atoms with Gasteiger partial charge in [0.2, 0.25) is 5.91 Å². The third-order valence-electron chi connectivity index (χ3n) is 6.85. The highest BCUT2D eigenvalue weighted by molar-refractivity contribution is 5.94. The molecular formula is C22H31N3O2. The summed E-state index contributed by atoms with van der Waals surface area (Å²) < 4.78 is 0. The first-order valence-corrected chi connectivity index (χ1v) is 10.4. The molecule has 4 bridgehead atoms. The number of benzene rings is 1. The summed E-state index contributed by atoms with van der Waals surface area (Å²) in [4.78, 5) is 25.1. The van der Waals surface area contributed by atoms with Gasteiger partial charge in [-0.2, -0.15) is 0 Å². The third kappa shape index (κ3) is 3.88. The lowest BCUT2D eigenvalue weighted by atomic mass is 9.49. The molecule has 146 valence electrons. The first-order chi connectivity index (χ1) is 13.1. The minimum Gasteiger partial charge on any atom is -0.352 e. The standard InChI is InChI=1S/C22H31N3O2/c1-23-6-7-24-20(26)19-4-2-15(3-5-19)14-25-21(27)22-11-16-8-17(12-22)10-18(9-16)13-22/h2-5,16-18,23H,6-14H2,1H3,(H,24,26)(H,25,27). The lowest BCUT2D eigenvalue weighted by molar-refractivity contribution is -0.146. The molecule has 4 saturated carbocycles. The fourth-order valence-electron chi connectivity index (χ4n) is 5.94. The first kappa shape index (κ1) is 18.5. The number of hydrogen-bond acceptors (Lipinski definition) is 3. The summed E-state index contributed by atoms with van der Waals surface area (Å²) in [5, 5.41) is 9.07. The Morgan fingerprint density at radius 1 is 0.926 bits per heavy atom. The number of rotatable bonds is 7. The number of likely N-dealkylation sites (N-methyl/N-ethyl adjacent to an activating group) is 1. The van der Waals surface area contributed by atoms with Crippen molar-refractivity contribution in [2.24, 2.45) is 23.2 Å². The molecular weight excluding hydrogens is 338 g/mol. The van der Waals surface area contributed by atoms with Crippen molar-refractivity contribution in [1.29, 1.82) is 0 Å². The highest BCUT2D eigenvalue weighted by Crippen LogP contribution is 2.60. The van der Waals surface area contributed by atoms with Gasteiger partial charge in [-0.3, -0.25) is 9.59 Å². The van der Waals surface area contributed by atoms with E-state index in [1.54, 1.807) is 0 Å². The second-order valence-corrected chi connectivity index (χ2v) is 8.94. The lowest BCUT2D eigenvalue weighted by Crippen LogP contribution is -2.53. The highest BCUT2D eigenvalue weighted by atomic mass is 16.2. The molecule has 0 heterocycles. The maximum absolute atomic E-state index is 13.0. The van der Waals surface area contributed by atoms with Gasteiger partial charge in [0.1, 0.15) is 0 Å². The van der Waals surface area contributed by atoms with Gasteiger partial charge in [0.05, 0.1) is 0 Å². The van der Waals surface area contributed by atoms with Gasteiger partial charge < -0.3 is 16.0 Å². The molecule has 5 nitrogen and oxygen atoms in total. The Balaban J connectivity index is 1.31. The summed E-state index contributed by atoms with van der Waals surface area (Å²) in [7, 11) is 1.86. The predicted octanol–water partition coefficient (Wildman–Crippen LogP) is 2.47. The quantitative estimate of drug-likeness (QED) is 0.647. The summed E-state index contributed by atoms with van der Waals surface area (Å²) in [6.45, 7) is 1.90. The van der Waals surface area contributed by atoms with E-state index >= 15 is 0 Å². The topological polar surface area (TPSA) is 70.2 Å². The number of hydrogen-bond donors (Lipinski definition) is 3. The van der Waals surface area contributed by atoms with Crippen LogP contribution in [0, 0.1) is 23.2 Å².